The third kappa shape index (κ3) is 3.01. The zero-order chi connectivity index (χ0) is 14.1. The van der Waals surface area contributed by atoms with Crippen LogP contribution in [0.1, 0.15) is 18.5 Å². The molecule has 0 radical (unpaired) electrons. The summed E-state index contributed by atoms with van der Waals surface area (Å²) >= 11 is 2.04. The van der Waals surface area contributed by atoms with E-state index in [1.54, 1.807) is 0 Å². The van der Waals surface area contributed by atoms with Gasteiger partial charge in [0.15, 0.2) is 0 Å². The molecule has 4 heteroatoms. The minimum absolute atomic E-state index is 0.730. The Morgan fingerprint density at radius 2 is 2.00 bits per heavy atom. The summed E-state index contributed by atoms with van der Waals surface area (Å²) in [4.78, 5) is 7.44. The Morgan fingerprint density at radius 3 is 2.81 bits per heavy atom. The summed E-state index contributed by atoms with van der Waals surface area (Å²) in [5.41, 5.74) is 1.17. The molecule has 0 atom stereocenters. The van der Waals surface area contributed by atoms with E-state index in [1.165, 1.54) is 46.6 Å². The van der Waals surface area contributed by atoms with Crippen LogP contribution in [0.5, 0.6) is 0 Å². The molecule has 1 aromatic heterocycles. The third-order valence-corrected chi connectivity index (χ3v) is 5.18. The van der Waals surface area contributed by atoms with Gasteiger partial charge in [-0.2, -0.15) is 11.8 Å². The second-order valence-electron chi connectivity index (χ2n) is 5.91. The van der Waals surface area contributed by atoms with Gasteiger partial charge in [-0.1, -0.05) is 24.3 Å². The molecule has 0 unspecified atom stereocenters. The lowest BCUT2D eigenvalue weighted by atomic mass is 10.1. The van der Waals surface area contributed by atoms with Crippen LogP contribution in [-0.4, -0.2) is 35.6 Å². The molecule has 2 fully saturated rings. The second-order valence-corrected chi connectivity index (χ2v) is 7.14. The van der Waals surface area contributed by atoms with Crippen molar-refractivity contribution in [1.82, 2.24) is 10.3 Å². The van der Waals surface area contributed by atoms with Gasteiger partial charge in [0, 0.05) is 42.6 Å². The number of fused-ring (bicyclic) bond motifs is 1. The number of hydrogen-bond acceptors (Lipinski definition) is 4. The molecule has 1 aromatic carbocycles. The maximum absolute atomic E-state index is 4.98. The number of aromatic nitrogens is 1. The number of rotatable bonds is 4. The highest BCUT2D eigenvalue weighted by Gasteiger charge is 2.21. The van der Waals surface area contributed by atoms with Gasteiger partial charge in [-0.25, -0.2) is 4.98 Å². The van der Waals surface area contributed by atoms with Crippen LogP contribution in [0.15, 0.2) is 30.3 Å². The maximum atomic E-state index is 4.98. The standard InChI is InChI=1S/C17H21N3S/c1-2-4-16-13(3-1)11-15(12-18-14-5-6-14)19-17(16)20-7-9-21-10-8-20/h1-4,11,14,18H,5-10,12H2. The largest absolute Gasteiger partial charge is 0.354 e. The van der Waals surface area contributed by atoms with Gasteiger partial charge in [-0.15, -0.1) is 0 Å². The number of hydrogen-bond donors (Lipinski definition) is 1. The van der Waals surface area contributed by atoms with Crippen molar-refractivity contribution in [1.29, 1.82) is 0 Å². The Labute approximate surface area is 130 Å². The first-order valence-corrected chi connectivity index (χ1v) is 9.00. The van der Waals surface area contributed by atoms with Gasteiger partial charge in [-0.05, 0) is 24.3 Å². The number of benzene rings is 1. The summed E-state index contributed by atoms with van der Waals surface area (Å²) in [7, 11) is 0. The van der Waals surface area contributed by atoms with Gasteiger partial charge in [0.05, 0.1) is 5.69 Å². The lowest BCUT2D eigenvalue weighted by Crippen LogP contribution is -2.33. The third-order valence-electron chi connectivity index (χ3n) is 4.23. The van der Waals surface area contributed by atoms with Crippen LogP contribution < -0.4 is 10.2 Å². The molecule has 0 spiro atoms. The van der Waals surface area contributed by atoms with E-state index in [1.807, 2.05) is 11.8 Å². The lowest BCUT2D eigenvalue weighted by molar-refractivity contribution is 0.673. The summed E-state index contributed by atoms with van der Waals surface area (Å²) in [5.74, 6) is 3.60. The van der Waals surface area contributed by atoms with Gasteiger partial charge in [-0.3, -0.25) is 0 Å². The Kier molecular flexibility index (Phi) is 3.74. The van der Waals surface area contributed by atoms with E-state index in [0.29, 0.717) is 0 Å². The Bertz CT molecular complexity index is 633. The molecule has 1 saturated carbocycles. The van der Waals surface area contributed by atoms with E-state index in [4.69, 9.17) is 4.98 Å². The van der Waals surface area contributed by atoms with Crippen LogP contribution in [0.25, 0.3) is 10.8 Å². The van der Waals surface area contributed by atoms with Crippen molar-refractivity contribution in [2.24, 2.45) is 0 Å². The predicted molar refractivity (Wildman–Crippen MR) is 91.1 cm³/mol. The van der Waals surface area contributed by atoms with Crippen LogP contribution in [0, 0.1) is 0 Å². The van der Waals surface area contributed by atoms with Crippen molar-refractivity contribution in [3.63, 3.8) is 0 Å². The second kappa shape index (κ2) is 5.85. The molecule has 1 N–H and O–H groups in total. The van der Waals surface area contributed by atoms with Gasteiger partial charge in [0.2, 0.25) is 0 Å². The Morgan fingerprint density at radius 1 is 1.19 bits per heavy atom. The number of nitrogens with one attached hydrogen (secondary N) is 1. The molecule has 110 valence electrons. The monoisotopic (exact) mass is 299 g/mol. The summed E-state index contributed by atoms with van der Waals surface area (Å²) in [6, 6.07) is 11.6. The fourth-order valence-electron chi connectivity index (χ4n) is 2.88. The minimum atomic E-state index is 0.730. The van der Waals surface area contributed by atoms with E-state index >= 15 is 0 Å². The highest BCUT2D eigenvalue weighted by Crippen LogP contribution is 2.28. The molecule has 0 amide bonds. The summed E-state index contributed by atoms with van der Waals surface area (Å²) in [6.45, 7) is 3.12. The fraction of sp³-hybridized carbons (Fsp3) is 0.471. The van der Waals surface area contributed by atoms with E-state index in [-0.39, 0.29) is 0 Å². The smallest absolute Gasteiger partial charge is 0.136 e. The average molecular weight is 299 g/mol. The van der Waals surface area contributed by atoms with E-state index in [0.717, 1.165) is 25.7 Å². The molecule has 21 heavy (non-hydrogen) atoms. The summed E-state index contributed by atoms with van der Waals surface area (Å²) in [6.07, 6.45) is 2.65. The van der Waals surface area contributed by atoms with Crippen molar-refractivity contribution in [3.8, 4) is 0 Å². The molecule has 2 aliphatic rings. The molecule has 1 aliphatic carbocycles. The van der Waals surface area contributed by atoms with E-state index in [2.05, 4.69) is 40.5 Å². The van der Waals surface area contributed by atoms with Gasteiger partial charge in [0.1, 0.15) is 5.82 Å². The Balaban J connectivity index is 1.70. The molecule has 1 aliphatic heterocycles. The molecule has 0 bridgehead atoms. The van der Waals surface area contributed by atoms with Crippen molar-refractivity contribution >= 4 is 28.4 Å². The topological polar surface area (TPSA) is 28.2 Å². The SMILES string of the molecule is c1ccc2c(N3CCSCC3)nc(CNC3CC3)cc2c1. The van der Waals surface area contributed by atoms with E-state index < -0.39 is 0 Å². The number of anilines is 1. The van der Waals surface area contributed by atoms with Crippen molar-refractivity contribution in [3.05, 3.63) is 36.0 Å². The zero-order valence-electron chi connectivity index (χ0n) is 12.2. The molecular weight excluding hydrogens is 278 g/mol. The van der Waals surface area contributed by atoms with Crippen molar-refractivity contribution in [2.75, 3.05) is 29.5 Å². The highest BCUT2D eigenvalue weighted by atomic mass is 32.2. The van der Waals surface area contributed by atoms with Crippen molar-refractivity contribution < 1.29 is 0 Å². The minimum Gasteiger partial charge on any atom is -0.354 e. The molecule has 2 heterocycles. The van der Waals surface area contributed by atoms with Crippen LogP contribution in [-0.2, 0) is 6.54 Å². The van der Waals surface area contributed by atoms with Crippen LogP contribution in [0.2, 0.25) is 0 Å². The molecule has 2 aromatic rings. The molecule has 3 nitrogen and oxygen atoms in total. The number of nitrogens with zero attached hydrogens (tertiary/aromatic N) is 2. The first-order valence-electron chi connectivity index (χ1n) is 7.85. The van der Waals surface area contributed by atoms with Gasteiger partial charge < -0.3 is 10.2 Å². The highest BCUT2D eigenvalue weighted by molar-refractivity contribution is 7.99. The zero-order valence-corrected chi connectivity index (χ0v) is 13.0. The normalized spacial score (nSPS) is 19.1. The van der Waals surface area contributed by atoms with Crippen LogP contribution >= 0.6 is 11.8 Å². The molecule has 1 saturated heterocycles. The fourth-order valence-corrected chi connectivity index (χ4v) is 3.78. The average Bonchev–Trinajstić information content (AvgIpc) is 3.37. The first-order chi connectivity index (χ1) is 10.4. The van der Waals surface area contributed by atoms with Crippen molar-refractivity contribution in [2.45, 2.75) is 25.4 Å². The molecular formula is C17H21N3S. The number of pyridine rings is 1. The first kappa shape index (κ1) is 13.4. The number of thioether (sulfide) groups is 1. The van der Waals surface area contributed by atoms with Crippen LogP contribution in [0.4, 0.5) is 5.82 Å². The summed E-state index contributed by atoms with van der Waals surface area (Å²) in [5, 5.41) is 6.19. The lowest BCUT2D eigenvalue weighted by Gasteiger charge is -2.29. The maximum Gasteiger partial charge on any atom is 0.136 e. The molecule has 4 rings (SSSR count). The van der Waals surface area contributed by atoms with Gasteiger partial charge in [0.25, 0.3) is 0 Å². The quantitative estimate of drug-likeness (QED) is 0.939. The van der Waals surface area contributed by atoms with Crippen LogP contribution in [0.3, 0.4) is 0 Å². The van der Waals surface area contributed by atoms with Gasteiger partial charge >= 0.3 is 0 Å². The summed E-state index contributed by atoms with van der Waals surface area (Å²) < 4.78 is 0. The predicted octanol–water partition coefficient (Wildman–Crippen LogP) is 3.04. The van der Waals surface area contributed by atoms with E-state index in [9.17, 15) is 0 Å². The Hall–Kier alpha value is -1.26.